The van der Waals surface area contributed by atoms with Crippen molar-refractivity contribution in [3.63, 3.8) is 0 Å². The number of thiazole rings is 1. The fraction of sp³-hybridized carbons (Fsp3) is 0.421. The summed E-state index contributed by atoms with van der Waals surface area (Å²) in [5.74, 6) is -0.0267. The van der Waals surface area contributed by atoms with Crippen molar-refractivity contribution >= 4 is 54.8 Å². The molecule has 3 heterocycles. The van der Waals surface area contributed by atoms with Crippen molar-refractivity contribution in [2.45, 2.75) is 32.7 Å². The molecule has 1 fully saturated rings. The molecule has 4 rings (SSSR count). The Morgan fingerprint density at radius 1 is 1.41 bits per heavy atom. The average molecular weight is 404 g/mol. The molecule has 1 aliphatic rings. The first kappa shape index (κ1) is 18.2. The Morgan fingerprint density at radius 2 is 2.22 bits per heavy atom. The van der Waals surface area contributed by atoms with Crippen LogP contribution in [0.1, 0.15) is 24.8 Å². The van der Waals surface area contributed by atoms with Crippen LogP contribution in [-0.4, -0.2) is 40.9 Å². The molecule has 3 aromatic rings. The predicted octanol–water partition coefficient (Wildman–Crippen LogP) is 3.31. The molecule has 27 heavy (non-hydrogen) atoms. The lowest BCUT2D eigenvalue weighted by Crippen LogP contribution is -2.50. The molecule has 1 aliphatic heterocycles. The van der Waals surface area contributed by atoms with Crippen LogP contribution in [0.15, 0.2) is 17.5 Å². The predicted molar refractivity (Wildman–Crippen MR) is 108 cm³/mol. The molecule has 2 amide bonds. The summed E-state index contributed by atoms with van der Waals surface area (Å²) in [6, 6.07) is 4.05. The number of aromatic nitrogens is 1. The van der Waals surface area contributed by atoms with Gasteiger partial charge < -0.3 is 15.4 Å². The lowest BCUT2D eigenvalue weighted by molar-refractivity contribution is -0.139. The summed E-state index contributed by atoms with van der Waals surface area (Å²) in [7, 11) is 0. The van der Waals surface area contributed by atoms with E-state index in [-0.39, 0.29) is 30.4 Å². The molecule has 2 N–H and O–H groups in total. The highest BCUT2D eigenvalue weighted by Crippen LogP contribution is 2.38. The first-order chi connectivity index (χ1) is 12.9. The fourth-order valence-corrected chi connectivity index (χ4v) is 5.45. The molecule has 1 saturated heterocycles. The van der Waals surface area contributed by atoms with Crippen molar-refractivity contribution in [3.8, 4) is 5.75 Å². The first-order valence-electron chi connectivity index (χ1n) is 8.93. The molecule has 2 atom stereocenters. The third-order valence-corrected chi connectivity index (χ3v) is 6.96. The Kier molecular flexibility index (Phi) is 4.77. The second kappa shape index (κ2) is 7.09. The number of carbonyl (C=O) groups is 2. The van der Waals surface area contributed by atoms with E-state index in [1.54, 1.807) is 27.6 Å². The minimum absolute atomic E-state index is 0.0515. The van der Waals surface area contributed by atoms with Gasteiger partial charge in [-0.2, -0.15) is 0 Å². The van der Waals surface area contributed by atoms with Gasteiger partial charge in [-0.3, -0.25) is 9.59 Å². The molecule has 142 valence electrons. The minimum Gasteiger partial charge on any atom is -0.483 e. The third kappa shape index (κ3) is 3.39. The normalized spacial score (nSPS) is 20.3. The van der Waals surface area contributed by atoms with Gasteiger partial charge in [0.2, 0.25) is 5.91 Å². The number of ether oxygens (including phenoxy) is 1. The van der Waals surface area contributed by atoms with Gasteiger partial charge in [0.25, 0.3) is 5.91 Å². The molecule has 0 bridgehead atoms. The smallest absolute Gasteiger partial charge is 0.260 e. The van der Waals surface area contributed by atoms with Crippen molar-refractivity contribution in [2.75, 3.05) is 13.2 Å². The van der Waals surface area contributed by atoms with Crippen molar-refractivity contribution in [2.24, 2.45) is 11.7 Å². The fourth-order valence-electron chi connectivity index (χ4n) is 3.62. The van der Waals surface area contributed by atoms with Crippen molar-refractivity contribution < 1.29 is 14.3 Å². The van der Waals surface area contributed by atoms with E-state index in [9.17, 15) is 9.59 Å². The lowest BCUT2D eigenvalue weighted by atomic mass is 9.93. The van der Waals surface area contributed by atoms with Crippen LogP contribution in [0.5, 0.6) is 5.75 Å². The average Bonchev–Trinajstić information content (AvgIpc) is 3.25. The number of fused-ring (bicyclic) bond motifs is 3. The lowest BCUT2D eigenvalue weighted by Gasteiger charge is -2.36. The van der Waals surface area contributed by atoms with Crippen LogP contribution in [0.3, 0.4) is 0 Å². The van der Waals surface area contributed by atoms with Crippen LogP contribution in [0.2, 0.25) is 0 Å². The Hall–Kier alpha value is -2.19. The van der Waals surface area contributed by atoms with E-state index < -0.39 is 0 Å². The molecule has 0 radical (unpaired) electrons. The quantitative estimate of drug-likeness (QED) is 0.724. The number of benzene rings is 1. The maximum absolute atomic E-state index is 12.7. The van der Waals surface area contributed by atoms with Crippen LogP contribution < -0.4 is 10.5 Å². The summed E-state index contributed by atoms with van der Waals surface area (Å²) in [6.45, 7) is 4.31. The second-order valence-corrected chi connectivity index (χ2v) is 9.13. The molecular weight excluding hydrogens is 382 g/mol. The zero-order valence-corrected chi connectivity index (χ0v) is 16.9. The van der Waals surface area contributed by atoms with Crippen molar-refractivity contribution in [1.29, 1.82) is 0 Å². The highest BCUT2D eigenvalue weighted by molar-refractivity contribution is 7.21. The largest absolute Gasteiger partial charge is 0.483 e. The topological polar surface area (TPSA) is 85.5 Å². The minimum atomic E-state index is -0.341. The third-order valence-electron chi connectivity index (χ3n) is 5.12. The Bertz CT molecular complexity index is 1030. The maximum atomic E-state index is 12.7. The number of amides is 2. The molecule has 2 aromatic heterocycles. The van der Waals surface area contributed by atoms with Crippen LogP contribution in [-0.2, 0) is 9.59 Å². The zero-order chi connectivity index (χ0) is 19.1. The van der Waals surface area contributed by atoms with Gasteiger partial charge >= 0.3 is 0 Å². The summed E-state index contributed by atoms with van der Waals surface area (Å²) in [5.41, 5.74) is 6.43. The molecule has 0 saturated carbocycles. The van der Waals surface area contributed by atoms with Gasteiger partial charge in [0.15, 0.2) is 6.61 Å². The molecule has 0 aliphatic carbocycles. The van der Waals surface area contributed by atoms with E-state index in [1.807, 2.05) is 31.4 Å². The monoisotopic (exact) mass is 403 g/mol. The molecule has 2 unspecified atom stereocenters. The van der Waals surface area contributed by atoms with E-state index in [0.29, 0.717) is 12.3 Å². The standard InChI is InChI=1S/C19H21N3O3S2/c1-10-3-4-12(19(20)24)8-22(10)16(23)9-25-14-7-15-17(21-11(2)27-15)18-13(14)5-6-26-18/h5-7,10,12H,3-4,8-9H2,1-2H3,(H2,20,24). The van der Waals surface area contributed by atoms with E-state index in [2.05, 4.69) is 4.98 Å². The molecule has 6 nitrogen and oxygen atoms in total. The Morgan fingerprint density at radius 3 is 3.00 bits per heavy atom. The first-order valence-corrected chi connectivity index (χ1v) is 10.6. The van der Waals surface area contributed by atoms with Gasteiger partial charge in [0.1, 0.15) is 5.75 Å². The highest BCUT2D eigenvalue weighted by atomic mass is 32.1. The number of rotatable bonds is 4. The van der Waals surface area contributed by atoms with E-state index in [1.165, 1.54) is 0 Å². The summed E-state index contributed by atoms with van der Waals surface area (Å²) >= 11 is 3.25. The van der Waals surface area contributed by atoms with Gasteiger partial charge in [-0.25, -0.2) is 4.98 Å². The number of hydrogen-bond donors (Lipinski definition) is 1. The Labute approximate surface area is 164 Å². The molecule has 1 aromatic carbocycles. The molecular formula is C19H21N3O3S2. The number of aryl methyl sites for hydroxylation is 1. The summed E-state index contributed by atoms with van der Waals surface area (Å²) < 4.78 is 8.08. The zero-order valence-electron chi connectivity index (χ0n) is 15.2. The second-order valence-electron chi connectivity index (χ2n) is 6.98. The van der Waals surface area contributed by atoms with Crippen LogP contribution in [0, 0.1) is 12.8 Å². The van der Waals surface area contributed by atoms with Crippen LogP contribution >= 0.6 is 22.7 Å². The van der Waals surface area contributed by atoms with Crippen LogP contribution in [0.25, 0.3) is 20.3 Å². The molecule has 0 spiro atoms. The number of carbonyl (C=O) groups excluding carboxylic acids is 2. The van der Waals surface area contributed by atoms with Gasteiger partial charge in [0.05, 0.1) is 25.8 Å². The number of hydrogen-bond acceptors (Lipinski definition) is 6. The number of thiophene rings is 1. The van der Waals surface area contributed by atoms with E-state index >= 15 is 0 Å². The van der Waals surface area contributed by atoms with E-state index in [0.717, 1.165) is 38.2 Å². The summed E-state index contributed by atoms with van der Waals surface area (Å²) in [5, 5.41) is 4.00. The Balaban J connectivity index is 1.54. The SMILES string of the molecule is Cc1nc2c(cc(OCC(=O)N3CC(C(N)=O)CCC3C)c3ccsc32)s1. The number of nitrogens with zero attached hydrogens (tertiary/aromatic N) is 2. The van der Waals surface area contributed by atoms with Gasteiger partial charge in [-0.05, 0) is 38.1 Å². The van der Waals surface area contributed by atoms with Gasteiger partial charge in [-0.1, -0.05) is 0 Å². The van der Waals surface area contributed by atoms with Gasteiger partial charge in [0, 0.05) is 24.0 Å². The number of piperidine rings is 1. The number of primary amides is 1. The van der Waals surface area contributed by atoms with Crippen LogP contribution in [0.4, 0.5) is 0 Å². The number of nitrogens with two attached hydrogens (primary N) is 1. The van der Waals surface area contributed by atoms with Crippen molar-refractivity contribution in [3.05, 3.63) is 22.5 Å². The summed E-state index contributed by atoms with van der Waals surface area (Å²) in [4.78, 5) is 30.6. The maximum Gasteiger partial charge on any atom is 0.260 e. The molecule has 8 heteroatoms. The number of likely N-dealkylation sites (tertiary alicyclic amines) is 1. The van der Waals surface area contributed by atoms with Gasteiger partial charge in [-0.15, -0.1) is 22.7 Å². The van der Waals surface area contributed by atoms with Crippen molar-refractivity contribution in [1.82, 2.24) is 9.88 Å². The summed E-state index contributed by atoms with van der Waals surface area (Å²) in [6.07, 6.45) is 1.51. The highest BCUT2D eigenvalue weighted by Gasteiger charge is 2.31. The van der Waals surface area contributed by atoms with E-state index in [4.69, 9.17) is 10.5 Å².